The second-order valence-corrected chi connectivity index (χ2v) is 14.8. The minimum atomic E-state index is 0. The van der Waals surface area contributed by atoms with Gasteiger partial charge < -0.3 is 12.8 Å². The third kappa shape index (κ3) is 21.4. The quantitative estimate of drug-likeness (QED) is 0.166. The van der Waals surface area contributed by atoms with Crippen LogP contribution < -0.4 is 0 Å². The number of aryl methyl sites for hydroxylation is 2. The van der Waals surface area contributed by atoms with Crippen LogP contribution in [0.3, 0.4) is 0 Å². The number of hydrogen-bond donors (Lipinski definition) is 0. The van der Waals surface area contributed by atoms with Crippen LogP contribution in [-0.4, -0.2) is 37.0 Å². The molecule has 3 heteroatoms. The second-order valence-electron chi connectivity index (χ2n) is 7.60. The van der Waals surface area contributed by atoms with Crippen LogP contribution >= 0.6 is 15.8 Å². The number of benzene rings is 2. The van der Waals surface area contributed by atoms with Crippen molar-refractivity contribution in [1.29, 1.82) is 0 Å². The third-order valence-electron chi connectivity index (χ3n) is 5.39. The molecule has 0 aliphatic rings. The van der Waals surface area contributed by atoms with E-state index in [2.05, 4.69) is 53.4 Å². The molecule has 0 saturated heterocycles. The van der Waals surface area contributed by atoms with E-state index in [-0.39, 0.29) is 36.9 Å². The van der Waals surface area contributed by atoms with Crippen molar-refractivity contribution >= 4 is 15.8 Å². The van der Waals surface area contributed by atoms with Crippen LogP contribution in [0, 0.1) is 38.5 Å². The molecule has 0 N–H and O–H groups in total. The van der Waals surface area contributed by atoms with Gasteiger partial charge in [0.25, 0.3) is 0 Å². The molecule has 2 aromatic rings. The molecule has 0 amide bonds. The summed E-state index contributed by atoms with van der Waals surface area (Å²) in [7, 11) is 0.275. The number of hydrogen-bond acceptors (Lipinski definition) is 0. The van der Waals surface area contributed by atoms with Gasteiger partial charge in [-0.3, -0.25) is 11.8 Å². The molecule has 2 aromatic carbocycles. The molecule has 0 unspecified atom stereocenters. The summed E-state index contributed by atoms with van der Waals surface area (Å²) in [5.74, 6) is 4.61. The molecule has 33 heavy (non-hydrogen) atoms. The van der Waals surface area contributed by atoms with Crippen LogP contribution in [0.4, 0.5) is 0 Å². The molecule has 0 radical (unpaired) electrons. The van der Waals surface area contributed by atoms with Crippen LogP contribution in [0.15, 0.2) is 48.5 Å². The minimum Gasteiger partial charge on any atom is -0.366 e. The van der Waals surface area contributed by atoms with Gasteiger partial charge in [0.15, 0.2) is 0 Å². The van der Waals surface area contributed by atoms with Crippen molar-refractivity contribution < 1.29 is 21.1 Å². The Morgan fingerprint density at radius 3 is 0.848 bits per heavy atom. The molecular formula is C30H46P2Pt+2. The van der Waals surface area contributed by atoms with E-state index in [1.165, 1.54) is 48.1 Å². The molecule has 0 spiro atoms. The average Bonchev–Trinajstić information content (AvgIpc) is 2.84. The molecule has 2 rings (SSSR count). The maximum Gasteiger partial charge on any atom is 2.00 e. The molecule has 0 aromatic heterocycles. The molecule has 0 aliphatic heterocycles. The first-order chi connectivity index (χ1) is 15.3. The largest absolute Gasteiger partial charge is 2.00 e. The Kier molecular flexibility index (Phi) is 28.6. The van der Waals surface area contributed by atoms with Crippen molar-refractivity contribution in [2.24, 2.45) is 0 Å². The average molecular weight is 664 g/mol. The monoisotopic (exact) mass is 663 g/mol. The zero-order valence-electron chi connectivity index (χ0n) is 22.2. The van der Waals surface area contributed by atoms with E-state index in [4.69, 9.17) is 12.8 Å². The van der Waals surface area contributed by atoms with Crippen LogP contribution in [0.25, 0.3) is 0 Å². The Balaban J connectivity index is -0.000000363. The summed E-state index contributed by atoms with van der Waals surface area (Å²) < 4.78 is 0. The molecule has 0 nitrogen and oxygen atoms in total. The Labute approximate surface area is 223 Å². The summed E-state index contributed by atoms with van der Waals surface area (Å²) in [6.45, 7) is 17.9. The fraction of sp³-hybridized carbons (Fsp3) is 0.467. The fourth-order valence-electron chi connectivity index (χ4n) is 2.77. The van der Waals surface area contributed by atoms with Crippen LogP contribution in [-0.2, 0) is 21.1 Å². The molecule has 0 atom stereocenters. The van der Waals surface area contributed by atoms with E-state index in [0.29, 0.717) is 0 Å². The molecule has 0 bridgehead atoms. The first-order valence-electron chi connectivity index (χ1n) is 12.0. The summed E-state index contributed by atoms with van der Waals surface area (Å²) in [5.41, 5.74) is 4.10. The van der Waals surface area contributed by atoms with Gasteiger partial charge in [0.1, 0.15) is 0 Å². The topological polar surface area (TPSA) is 0 Å². The standard InChI is InChI=1S/2C9H7.2C6H15P.Pt/c2*1-3-9-6-4-8(2)5-7-9;2*1-4-7(5-2)6-3;/h2*4-7H,2H3;2*4-6H2,1-3H3;/q2*-1;;;+2/p+2. The van der Waals surface area contributed by atoms with E-state index in [1.54, 1.807) is 0 Å². The third-order valence-corrected chi connectivity index (χ3v) is 11.4. The van der Waals surface area contributed by atoms with Crippen molar-refractivity contribution in [1.82, 2.24) is 0 Å². The Bertz CT molecular complexity index is 665. The molecule has 184 valence electrons. The van der Waals surface area contributed by atoms with Gasteiger partial charge in [-0.05, 0) is 71.2 Å². The summed E-state index contributed by atoms with van der Waals surface area (Å²) >= 11 is 0. The zero-order chi connectivity index (χ0) is 24.8. The second kappa shape index (κ2) is 25.7. The SMILES string of the molecule is CC[PH+](CC)CC.CC[PH+](CC)CC.[C-]#Cc1ccc(C)cc1.[C-]#Cc1ccc(C)cc1.[Pt+2]. The molecule has 0 heterocycles. The predicted molar refractivity (Wildman–Crippen MR) is 155 cm³/mol. The summed E-state index contributed by atoms with van der Waals surface area (Å²) in [6.07, 6.45) is 22.3. The van der Waals surface area contributed by atoms with E-state index >= 15 is 0 Å². The predicted octanol–water partition coefficient (Wildman–Crippen LogP) is 8.38. The van der Waals surface area contributed by atoms with Crippen molar-refractivity contribution in [2.75, 3.05) is 37.0 Å². The Hall–Kier alpha value is -0.892. The molecule has 0 saturated carbocycles. The molecular weight excluding hydrogens is 617 g/mol. The first kappa shape index (κ1) is 36.7. The van der Waals surface area contributed by atoms with Crippen molar-refractivity contribution in [2.45, 2.75) is 55.4 Å². The summed E-state index contributed by atoms with van der Waals surface area (Å²) in [4.78, 5) is 0. The number of rotatable bonds is 6. The smallest absolute Gasteiger partial charge is 0.366 e. The maximum atomic E-state index is 6.76. The van der Waals surface area contributed by atoms with Gasteiger partial charge in [-0.25, -0.2) is 0 Å². The normalized spacial score (nSPS) is 8.97. The van der Waals surface area contributed by atoms with E-state index < -0.39 is 0 Å². The van der Waals surface area contributed by atoms with E-state index in [0.717, 1.165) is 11.1 Å². The van der Waals surface area contributed by atoms with Crippen LogP contribution in [0.1, 0.15) is 63.8 Å². The fourth-order valence-corrected chi connectivity index (χ4v) is 5.77. The van der Waals surface area contributed by atoms with E-state index in [1.807, 2.05) is 62.4 Å². The van der Waals surface area contributed by atoms with Gasteiger partial charge in [-0.1, -0.05) is 35.4 Å². The summed E-state index contributed by atoms with van der Waals surface area (Å²) in [5, 5.41) is 0. The van der Waals surface area contributed by atoms with Gasteiger partial charge in [0, 0.05) is 0 Å². The van der Waals surface area contributed by atoms with Gasteiger partial charge in [0.05, 0.1) is 37.0 Å². The first-order valence-corrected chi connectivity index (χ1v) is 16.2. The zero-order valence-corrected chi connectivity index (χ0v) is 26.4. The van der Waals surface area contributed by atoms with Gasteiger partial charge >= 0.3 is 21.1 Å². The van der Waals surface area contributed by atoms with Crippen molar-refractivity contribution in [3.63, 3.8) is 0 Å². The van der Waals surface area contributed by atoms with Crippen LogP contribution in [0.5, 0.6) is 0 Å². The molecule has 0 fully saturated rings. The van der Waals surface area contributed by atoms with E-state index in [9.17, 15) is 0 Å². The van der Waals surface area contributed by atoms with Crippen LogP contribution in [0.2, 0.25) is 0 Å². The van der Waals surface area contributed by atoms with Gasteiger partial charge in [-0.2, -0.15) is 0 Å². The van der Waals surface area contributed by atoms with Gasteiger partial charge in [0.2, 0.25) is 0 Å². The maximum absolute atomic E-state index is 6.76. The Morgan fingerprint density at radius 2 is 0.727 bits per heavy atom. The summed E-state index contributed by atoms with van der Waals surface area (Å²) in [6, 6.07) is 15.4. The minimum absolute atomic E-state index is 0. The van der Waals surface area contributed by atoms with Gasteiger partial charge in [-0.15, -0.1) is 35.4 Å². The van der Waals surface area contributed by atoms with Crippen molar-refractivity contribution in [3.8, 4) is 11.8 Å². The van der Waals surface area contributed by atoms with Crippen molar-refractivity contribution in [3.05, 3.63) is 83.6 Å². The Morgan fingerprint density at radius 1 is 0.515 bits per heavy atom. The molecule has 0 aliphatic carbocycles.